The Balaban J connectivity index is 0.000000194. The molecule has 0 spiro atoms. The number of imide groups is 2. The lowest BCUT2D eigenvalue weighted by atomic mass is 10.2. The van der Waals surface area contributed by atoms with E-state index in [4.69, 9.17) is 0 Å². The fourth-order valence-electron chi connectivity index (χ4n) is 1.71. The summed E-state index contributed by atoms with van der Waals surface area (Å²) >= 11 is 0. The van der Waals surface area contributed by atoms with Crippen LogP contribution in [0.2, 0.25) is 0 Å². The van der Waals surface area contributed by atoms with Gasteiger partial charge in [-0.25, -0.2) is 0 Å². The molecule has 2 heterocycles. The fourth-order valence-corrected chi connectivity index (χ4v) is 1.71. The van der Waals surface area contributed by atoms with Crippen LogP contribution in [0.3, 0.4) is 0 Å². The van der Waals surface area contributed by atoms with Gasteiger partial charge < -0.3 is 0 Å². The molecule has 0 bridgehead atoms. The molecule has 1 aromatic carbocycles. The van der Waals surface area contributed by atoms with E-state index in [1.54, 1.807) is 0 Å². The Morgan fingerprint density at radius 2 is 1.29 bits per heavy atom. The normalized spacial score (nSPS) is 16.1. The number of carbonyl (C=O) groups excluding carboxylic acids is 4. The van der Waals surface area contributed by atoms with Crippen molar-refractivity contribution in [2.75, 3.05) is 0 Å². The summed E-state index contributed by atoms with van der Waals surface area (Å²) in [5, 5.41) is 2.03. The predicted octanol–water partition coefficient (Wildman–Crippen LogP) is 0.311. The van der Waals surface area contributed by atoms with Crippen LogP contribution in [-0.2, 0) is 25.7 Å². The second kappa shape index (κ2) is 6.42. The summed E-state index contributed by atoms with van der Waals surface area (Å²) < 4.78 is 0. The Labute approximate surface area is 120 Å². The number of amides is 4. The minimum atomic E-state index is -0.329. The molecule has 0 fully saturated rings. The first-order chi connectivity index (χ1) is 10.1. The van der Waals surface area contributed by atoms with Gasteiger partial charge in [-0.15, -0.1) is 0 Å². The Hall–Kier alpha value is -3.02. The highest BCUT2D eigenvalue weighted by Crippen LogP contribution is 2.09. The van der Waals surface area contributed by atoms with Gasteiger partial charge in [0, 0.05) is 24.3 Å². The van der Waals surface area contributed by atoms with Crippen LogP contribution in [0.5, 0.6) is 0 Å². The quantitative estimate of drug-likeness (QED) is 0.792. The minimum Gasteiger partial charge on any atom is -0.289 e. The highest BCUT2D eigenvalue weighted by molar-refractivity contribution is 6.13. The van der Waals surface area contributed by atoms with Gasteiger partial charge in [-0.05, 0) is 5.56 Å². The highest BCUT2D eigenvalue weighted by atomic mass is 16.2. The topological polar surface area (TPSA) is 83.5 Å². The predicted molar refractivity (Wildman–Crippen MR) is 73.4 cm³/mol. The van der Waals surface area contributed by atoms with Crippen molar-refractivity contribution in [2.24, 2.45) is 0 Å². The summed E-state index contributed by atoms with van der Waals surface area (Å²) in [4.78, 5) is 43.7. The van der Waals surface area contributed by atoms with Gasteiger partial charge in [-0.1, -0.05) is 30.3 Å². The van der Waals surface area contributed by atoms with E-state index >= 15 is 0 Å². The lowest BCUT2D eigenvalue weighted by Crippen LogP contribution is -2.29. The second-order valence-electron chi connectivity index (χ2n) is 4.27. The number of nitrogens with zero attached hydrogens (tertiary/aromatic N) is 1. The zero-order valence-corrected chi connectivity index (χ0v) is 11.0. The van der Waals surface area contributed by atoms with Crippen LogP contribution in [0.4, 0.5) is 0 Å². The Bertz CT molecular complexity index is 613. The van der Waals surface area contributed by atoms with Gasteiger partial charge in [0.1, 0.15) is 0 Å². The molecule has 0 radical (unpaired) electrons. The van der Waals surface area contributed by atoms with Crippen molar-refractivity contribution in [3.8, 4) is 0 Å². The van der Waals surface area contributed by atoms with Crippen LogP contribution in [0.1, 0.15) is 5.56 Å². The van der Waals surface area contributed by atoms with Gasteiger partial charge in [0.15, 0.2) is 0 Å². The molecule has 106 valence electrons. The van der Waals surface area contributed by atoms with E-state index in [0.717, 1.165) is 5.56 Å². The summed E-state index contributed by atoms with van der Waals surface area (Å²) in [5.41, 5.74) is 0.956. The average Bonchev–Trinajstić information content (AvgIpc) is 3.00. The SMILES string of the molecule is O=C1C=CC(=O)N1.O=C1C=CC(=O)N1Cc1ccccc1. The lowest BCUT2D eigenvalue weighted by molar-refractivity contribution is -0.137. The van der Waals surface area contributed by atoms with Gasteiger partial charge in [0.25, 0.3) is 23.6 Å². The molecule has 0 unspecified atom stereocenters. The van der Waals surface area contributed by atoms with Gasteiger partial charge in [-0.3, -0.25) is 29.4 Å². The molecule has 4 amide bonds. The van der Waals surface area contributed by atoms with E-state index in [1.165, 1.54) is 29.2 Å². The zero-order valence-electron chi connectivity index (χ0n) is 11.0. The van der Waals surface area contributed by atoms with E-state index < -0.39 is 0 Å². The molecule has 2 aliphatic rings. The molecule has 0 saturated carbocycles. The van der Waals surface area contributed by atoms with Gasteiger partial charge in [0.05, 0.1) is 6.54 Å². The third kappa shape index (κ3) is 3.97. The van der Waals surface area contributed by atoms with Crippen molar-refractivity contribution in [3.63, 3.8) is 0 Å². The third-order valence-electron chi connectivity index (χ3n) is 2.72. The molecule has 0 atom stereocenters. The number of carbonyl (C=O) groups is 4. The van der Waals surface area contributed by atoms with Crippen molar-refractivity contribution in [3.05, 3.63) is 60.2 Å². The zero-order chi connectivity index (χ0) is 15.2. The van der Waals surface area contributed by atoms with E-state index in [2.05, 4.69) is 0 Å². The Kier molecular flexibility index (Phi) is 4.40. The molecule has 6 nitrogen and oxygen atoms in total. The van der Waals surface area contributed by atoms with Gasteiger partial charge >= 0.3 is 0 Å². The molecule has 3 rings (SSSR count). The molecule has 0 aliphatic carbocycles. The van der Waals surface area contributed by atoms with Crippen LogP contribution in [0.25, 0.3) is 0 Å². The highest BCUT2D eigenvalue weighted by Gasteiger charge is 2.22. The average molecular weight is 284 g/mol. The number of benzene rings is 1. The Morgan fingerprint density at radius 3 is 1.71 bits per heavy atom. The summed E-state index contributed by atoms with van der Waals surface area (Å²) in [6.45, 7) is 0.353. The van der Waals surface area contributed by atoms with Crippen LogP contribution in [0, 0.1) is 0 Å². The molecule has 6 heteroatoms. The van der Waals surface area contributed by atoms with Crippen LogP contribution in [-0.4, -0.2) is 28.5 Å². The van der Waals surface area contributed by atoms with E-state index in [-0.39, 0.29) is 23.6 Å². The molecule has 1 N–H and O–H groups in total. The van der Waals surface area contributed by atoms with Crippen LogP contribution < -0.4 is 5.32 Å². The van der Waals surface area contributed by atoms with Crippen molar-refractivity contribution >= 4 is 23.6 Å². The van der Waals surface area contributed by atoms with Crippen molar-refractivity contribution in [1.29, 1.82) is 0 Å². The molecule has 21 heavy (non-hydrogen) atoms. The second-order valence-corrected chi connectivity index (χ2v) is 4.27. The van der Waals surface area contributed by atoms with Crippen LogP contribution >= 0.6 is 0 Å². The molecule has 2 aliphatic heterocycles. The summed E-state index contributed by atoms with van der Waals surface area (Å²) in [6.07, 6.45) is 4.99. The van der Waals surface area contributed by atoms with Crippen LogP contribution in [0.15, 0.2) is 54.6 Å². The largest absolute Gasteiger partial charge is 0.289 e. The Morgan fingerprint density at radius 1 is 0.762 bits per heavy atom. The first kappa shape index (κ1) is 14.4. The number of rotatable bonds is 2. The van der Waals surface area contributed by atoms with E-state index in [0.29, 0.717) is 6.54 Å². The smallest absolute Gasteiger partial charge is 0.253 e. The molecular formula is C15H12N2O4. The fraction of sp³-hybridized carbons (Fsp3) is 0.0667. The first-order valence-electron chi connectivity index (χ1n) is 6.17. The number of hydrogen-bond acceptors (Lipinski definition) is 4. The number of hydrogen-bond donors (Lipinski definition) is 1. The maximum atomic E-state index is 11.2. The standard InChI is InChI=1S/C11H9NO2.C4H3NO2/c13-10-6-7-11(14)12(10)8-9-4-2-1-3-5-9;6-3-1-2-4(7)5-3/h1-7H,8H2;1-2H,(H,5,6,7). The summed E-state index contributed by atoms with van der Waals surface area (Å²) in [6, 6.07) is 9.44. The lowest BCUT2D eigenvalue weighted by Gasteiger charge is -2.13. The van der Waals surface area contributed by atoms with E-state index in [9.17, 15) is 19.2 Å². The molecule has 0 aromatic heterocycles. The minimum absolute atomic E-state index is 0.237. The summed E-state index contributed by atoms with van der Waals surface area (Å²) in [7, 11) is 0. The van der Waals surface area contributed by atoms with E-state index in [1.807, 2.05) is 35.6 Å². The summed E-state index contributed by atoms with van der Waals surface area (Å²) in [5.74, 6) is -1.13. The van der Waals surface area contributed by atoms with Crippen molar-refractivity contribution < 1.29 is 19.2 Å². The molecular weight excluding hydrogens is 272 g/mol. The first-order valence-corrected chi connectivity index (χ1v) is 6.17. The molecule has 0 saturated heterocycles. The molecule has 1 aromatic rings. The maximum Gasteiger partial charge on any atom is 0.253 e. The van der Waals surface area contributed by atoms with Gasteiger partial charge in [0.2, 0.25) is 0 Å². The number of nitrogens with one attached hydrogen (secondary N) is 1. The monoisotopic (exact) mass is 284 g/mol. The van der Waals surface area contributed by atoms with Gasteiger partial charge in [-0.2, -0.15) is 0 Å². The maximum absolute atomic E-state index is 11.2. The van der Waals surface area contributed by atoms with Crippen molar-refractivity contribution in [1.82, 2.24) is 10.2 Å². The third-order valence-corrected chi connectivity index (χ3v) is 2.72. The van der Waals surface area contributed by atoms with Crippen molar-refractivity contribution in [2.45, 2.75) is 6.54 Å².